The normalized spacial score (nSPS) is 11.0. The van der Waals surface area contributed by atoms with Crippen molar-refractivity contribution in [1.82, 2.24) is 15.0 Å². The summed E-state index contributed by atoms with van der Waals surface area (Å²) in [4.78, 5) is 21.1. The Labute approximate surface area is 122 Å². The van der Waals surface area contributed by atoms with E-state index in [0.717, 1.165) is 6.20 Å². The van der Waals surface area contributed by atoms with Crippen LogP contribution < -0.4 is 0 Å². The summed E-state index contributed by atoms with van der Waals surface area (Å²) in [6, 6.07) is 4.38. The summed E-state index contributed by atoms with van der Waals surface area (Å²) in [5.41, 5.74) is 1.08. The fourth-order valence-electron chi connectivity index (χ4n) is 2.03. The van der Waals surface area contributed by atoms with E-state index in [9.17, 15) is 14.5 Å². The molecule has 1 aromatic carbocycles. The molecule has 0 aliphatic carbocycles. The number of halogens is 2. The Kier molecular flexibility index (Phi) is 3.26. The summed E-state index contributed by atoms with van der Waals surface area (Å²) in [6.07, 6.45) is 2.82. The predicted molar refractivity (Wildman–Crippen MR) is 74.8 cm³/mol. The minimum absolute atomic E-state index is 0.0322. The number of rotatable bonds is 3. The van der Waals surface area contributed by atoms with Crippen molar-refractivity contribution in [2.24, 2.45) is 0 Å². The number of H-pyrrole nitrogens is 1. The maximum atomic E-state index is 13.6. The lowest BCUT2D eigenvalue weighted by molar-refractivity contribution is -0.384. The molecule has 0 spiro atoms. The molecule has 0 saturated carbocycles. The maximum Gasteiger partial charge on any atom is 0.290 e. The fourth-order valence-corrected chi connectivity index (χ4v) is 2.31. The zero-order chi connectivity index (χ0) is 15.0. The smallest absolute Gasteiger partial charge is 0.290 e. The molecule has 0 unspecified atom stereocenters. The Hall–Kier alpha value is -2.54. The number of aromatic nitrogens is 3. The number of fused-ring (bicyclic) bond motifs is 1. The van der Waals surface area contributed by atoms with Gasteiger partial charge in [0.1, 0.15) is 22.2 Å². The second kappa shape index (κ2) is 5.10. The van der Waals surface area contributed by atoms with Crippen LogP contribution >= 0.6 is 11.6 Å². The third-order valence-corrected chi connectivity index (χ3v) is 3.41. The van der Waals surface area contributed by atoms with Crippen LogP contribution in [0.15, 0.2) is 30.6 Å². The van der Waals surface area contributed by atoms with E-state index in [1.54, 1.807) is 6.07 Å². The van der Waals surface area contributed by atoms with Gasteiger partial charge in [-0.3, -0.25) is 15.1 Å². The first-order chi connectivity index (χ1) is 10.1. The zero-order valence-corrected chi connectivity index (χ0v) is 11.3. The highest BCUT2D eigenvalue weighted by molar-refractivity contribution is 6.37. The van der Waals surface area contributed by atoms with Crippen LogP contribution in [-0.4, -0.2) is 19.9 Å². The molecule has 3 aromatic rings. The Morgan fingerprint density at radius 1 is 1.38 bits per heavy atom. The molecular weight excluding hydrogens is 299 g/mol. The summed E-state index contributed by atoms with van der Waals surface area (Å²) >= 11 is 5.98. The number of hydrogen-bond acceptors (Lipinski definition) is 4. The van der Waals surface area contributed by atoms with Gasteiger partial charge in [-0.05, 0) is 17.7 Å². The van der Waals surface area contributed by atoms with Crippen molar-refractivity contribution in [3.8, 4) is 0 Å². The summed E-state index contributed by atoms with van der Waals surface area (Å²) in [5.74, 6) is 0.0348. The molecule has 0 bridgehead atoms. The molecule has 2 heterocycles. The lowest BCUT2D eigenvalue weighted by Crippen LogP contribution is -1.95. The molecular formula is C13H8ClFN4O2. The van der Waals surface area contributed by atoms with Crippen LogP contribution in [0.1, 0.15) is 11.4 Å². The van der Waals surface area contributed by atoms with E-state index >= 15 is 0 Å². The van der Waals surface area contributed by atoms with Crippen LogP contribution in [0.25, 0.3) is 11.0 Å². The van der Waals surface area contributed by atoms with E-state index in [4.69, 9.17) is 11.6 Å². The van der Waals surface area contributed by atoms with Gasteiger partial charge in [-0.15, -0.1) is 0 Å². The average Bonchev–Trinajstić information content (AvgIpc) is 2.85. The van der Waals surface area contributed by atoms with Crippen molar-refractivity contribution >= 4 is 28.3 Å². The van der Waals surface area contributed by atoms with Gasteiger partial charge in [0.15, 0.2) is 0 Å². The molecule has 0 radical (unpaired) electrons. The van der Waals surface area contributed by atoms with E-state index in [1.807, 2.05) is 0 Å². The highest BCUT2D eigenvalue weighted by atomic mass is 35.5. The highest BCUT2D eigenvalue weighted by Gasteiger charge is 2.18. The van der Waals surface area contributed by atoms with E-state index in [-0.39, 0.29) is 17.1 Å². The van der Waals surface area contributed by atoms with Gasteiger partial charge in [-0.1, -0.05) is 11.6 Å². The van der Waals surface area contributed by atoms with Crippen LogP contribution in [0.3, 0.4) is 0 Å². The third kappa shape index (κ3) is 2.43. The van der Waals surface area contributed by atoms with Crippen LogP contribution in [-0.2, 0) is 6.42 Å². The largest absolute Gasteiger partial charge is 0.342 e. The first-order valence-electron chi connectivity index (χ1n) is 5.96. The van der Waals surface area contributed by atoms with Crippen molar-refractivity contribution < 1.29 is 9.31 Å². The van der Waals surface area contributed by atoms with E-state index < -0.39 is 10.7 Å². The highest BCUT2D eigenvalue weighted by Crippen LogP contribution is 2.31. The van der Waals surface area contributed by atoms with Crippen molar-refractivity contribution in [3.05, 3.63) is 62.9 Å². The van der Waals surface area contributed by atoms with E-state index in [0.29, 0.717) is 22.4 Å². The van der Waals surface area contributed by atoms with E-state index in [2.05, 4.69) is 15.0 Å². The molecule has 0 aliphatic heterocycles. The molecule has 0 aliphatic rings. The first-order valence-corrected chi connectivity index (χ1v) is 6.34. The molecule has 0 atom stereocenters. The Morgan fingerprint density at radius 2 is 2.19 bits per heavy atom. The minimum atomic E-state index is -0.571. The SMILES string of the molecule is O=[N+]([O-])c1ccc2[nH]c(Cc3ccncc3F)nc2c1Cl. The number of nitro benzene ring substituents is 1. The number of nitrogens with zero attached hydrogens (tertiary/aromatic N) is 3. The standard InChI is InChI=1S/C13H8ClFN4O2/c14-12-10(19(20)21)2-1-9-13(12)18-11(17-9)5-7-3-4-16-6-8(7)15/h1-4,6H,5H2,(H,17,18). The number of aromatic amines is 1. The summed E-state index contributed by atoms with van der Waals surface area (Å²) in [5, 5.41) is 10.8. The molecule has 6 nitrogen and oxygen atoms in total. The van der Waals surface area contributed by atoms with Crippen LogP contribution in [0.2, 0.25) is 5.02 Å². The molecule has 8 heteroatoms. The Morgan fingerprint density at radius 3 is 2.90 bits per heavy atom. The van der Waals surface area contributed by atoms with Crippen LogP contribution in [0, 0.1) is 15.9 Å². The Balaban J connectivity index is 2.04. The van der Waals surface area contributed by atoms with E-state index in [1.165, 1.54) is 18.3 Å². The molecule has 3 rings (SSSR count). The lowest BCUT2D eigenvalue weighted by Gasteiger charge is -1.98. The van der Waals surface area contributed by atoms with Gasteiger partial charge < -0.3 is 4.98 Å². The quantitative estimate of drug-likeness (QED) is 0.594. The molecule has 0 fully saturated rings. The summed E-state index contributed by atoms with van der Waals surface area (Å²) in [6.45, 7) is 0. The van der Waals surface area contributed by atoms with Crippen molar-refractivity contribution in [1.29, 1.82) is 0 Å². The Bertz CT molecular complexity index is 849. The van der Waals surface area contributed by atoms with Crippen molar-refractivity contribution in [2.75, 3.05) is 0 Å². The number of benzene rings is 1. The van der Waals surface area contributed by atoms with Gasteiger partial charge in [0.2, 0.25) is 0 Å². The number of nitro groups is 1. The molecule has 0 saturated heterocycles. The van der Waals surface area contributed by atoms with Gasteiger partial charge in [-0.2, -0.15) is 0 Å². The minimum Gasteiger partial charge on any atom is -0.342 e. The average molecular weight is 307 g/mol. The topological polar surface area (TPSA) is 84.7 Å². The molecule has 2 aromatic heterocycles. The third-order valence-electron chi connectivity index (χ3n) is 3.03. The molecule has 0 amide bonds. The maximum absolute atomic E-state index is 13.6. The van der Waals surface area contributed by atoms with Gasteiger partial charge >= 0.3 is 0 Å². The molecule has 1 N–H and O–H groups in total. The second-order valence-corrected chi connectivity index (χ2v) is 4.76. The second-order valence-electron chi connectivity index (χ2n) is 4.38. The number of nitrogens with one attached hydrogen (secondary N) is 1. The van der Waals surface area contributed by atoms with Crippen molar-refractivity contribution in [3.63, 3.8) is 0 Å². The monoisotopic (exact) mass is 306 g/mol. The van der Waals surface area contributed by atoms with Crippen LogP contribution in [0.5, 0.6) is 0 Å². The number of pyridine rings is 1. The van der Waals surface area contributed by atoms with Crippen molar-refractivity contribution in [2.45, 2.75) is 6.42 Å². The number of imidazole rings is 1. The first kappa shape index (κ1) is 13.4. The number of hydrogen-bond donors (Lipinski definition) is 1. The zero-order valence-electron chi connectivity index (χ0n) is 10.5. The van der Waals surface area contributed by atoms with Gasteiger partial charge in [0, 0.05) is 18.7 Å². The fraction of sp³-hybridized carbons (Fsp3) is 0.0769. The summed E-state index contributed by atoms with van der Waals surface area (Å²) < 4.78 is 13.6. The van der Waals surface area contributed by atoms with Gasteiger partial charge in [-0.25, -0.2) is 9.37 Å². The summed E-state index contributed by atoms with van der Waals surface area (Å²) in [7, 11) is 0. The van der Waals surface area contributed by atoms with Gasteiger partial charge in [0.05, 0.1) is 16.6 Å². The predicted octanol–water partition coefficient (Wildman–Crippen LogP) is 3.25. The van der Waals surface area contributed by atoms with Crippen LogP contribution in [0.4, 0.5) is 10.1 Å². The lowest BCUT2D eigenvalue weighted by atomic mass is 10.2. The van der Waals surface area contributed by atoms with Gasteiger partial charge in [0.25, 0.3) is 5.69 Å². The molecule has 106 valence electrons. The molecule has 21 heavy (non-hydrogen) atoms.